The topological polar surface area (TPSA) is 140 Å². The van der Waals surface area contributed by atoms with Gasteiger partial charge in [-0.1, -0.05) is 142 Å². The van der Waals surface area contributed by atoms with Gasteiger partial charge in [0.15, 0.2) is 6.10 Å². The van der Waals surface area contributed by atoms with Crippen LogP contribution in [0, 0.1) is 0 Å². The van der Waals surface area contributed by atoms with E-state index in [1.54, 1.807) is 12.2 Å². The summed E-state index contributed by atoms with van der Waals surface area (Å²) in [7, 11) is -4.82. The summed E-state index contributed by atoms with van der Waals surface area (Å²) in [5.41, 5.74) is 0. The van der Waals surface area contributed by atoms with Gasteiger partial charge in [0.25, 0.3) is 0 Å². The summed E-state index contributed by atoms with van der Waals surface area (Å²) in [4.78, 5) is 42.8. The molecular weight excluding hydrogens is 715 g/mol. The van der Waals surface area contributed by atoms with Crippen LogP contribution < -0.4 is 0 Å². The molecular formula is C45H69O9P. The quantitative estimate of drug-likeness (QED) is 0.0191. The summed E-state index contributed by atoms with van der Waals surface area (Å²) in [6.07, 6.45) is 52.3. The fourth-order valence-corrected chi connectivity index (χ4v) is 5.02. The van der Waals surface area contributed by atoms with Gasteiger partial charge in [-0.3, -0.25) is 14.1 Å². The maximum atomic E-state index is 12.4. The Kier molecular flexibility index (Phi) is 36.2. The SMILES string of the molecule is CC/C=C\C/C=C\C/C=C\C/C=C\C=C\C(O)CCCC(=O)OC[C@H](COP(=O)(O)O)OC(=O)CCCCC/C=C\C/C=C\C/C=C\C/C=C\C/C=C\CC. The number of phosphoric acid groups is 1. The van der Waals surface area contributed by atoms with Crippen molar-refractivity contribution in [1.82, 2.24) is 0 Å². The zero-order chi connectivity index (χ0) is 40.5. The number of aliphatic hydroxyl groups excluding tert-OH is 1. The van der Waals surface area contributed by atoms with Gasteiger partial charge in [0.05, 0.1) is 12.7 Å². The first-order valence-electron chi connectivity index (χ1n) is 19.9. The highest BCUT2D eigenvalue weighted by atomic mass is 31.2. The minimum absolute atomic E-state index is 0.0206. The number of esters is 2. The smallest absolute Gasteiger partial charge is 0.462 e. The molecule has 0 rings (SSSR count). The van der Waals surface area contributed by atoms with Crippen LogP contribution in [0.25, 0.3) is 0 Å². The predicted molar refractivity (Wildman–Crippen MR) is 226 cm³/mol. The van der Waals surface area contributed by atoms with Gasteiger partial charge in [-0.15, -0.1) is 0 Å². The number of carbonyl (C=O) groups excluding carboxylic acids is 2. The van der Waals surface area contributed by atoms with Crippen LogP contribution in [0.2, 0.25) is 0 Å². The van der Waals surface area contributed by atoms with Crippen LogP contribution in [-0.2, 0) is 28.2 Å². The van der Waals surface area contributed by atoms with Crippen LogP contribution in [0.5, 0.6) is 0 Å². The first-order valence-corrected chi connectivity index (χ1v) is 21.5. The van der Waals surface area contributed by atoms with Gasteiger partial charge in [0.1, 0.15) is 6.61 Å². The molecule has 1 unspecified atom stereocenters. The van der Waals surface area contributed by atoms with Crippen molar-refractivity contribution < 1.29 is 43.0 Å². The predicted octanol–water partition coefficient (Wildman–Crippen LogP) is 11.1. The monoisotopic (exact) mass is 784 g/mol. The normalized spacial score (nSPS) is 14.3. The van der Waals surface area contributed by atoms with Gasteiger partial charge >= 0.3 is 19.8 Å². The second kappa shape index (κ2) is 38.7. The molecule has 0 bridgehead atoms. The molecule has 0 saturated carbocycles. The molecule has 0 heterocycles. The summed E-state index contributed by atoms with van der Waals surface area (Å²) >= 11 is 0. The van der Waals surface area contributed by atoms with E-state index in [0.717, 1.165) is 77.0 Å². The molecule has 0 aromatic carbocycles. The number of ether oxygens (including phenoxy) is 2. The average Bonchev–Trinajstić information content (AvgIpc) is 3.15. The molecule has 0 aliphatic carbocycles. The molecule has 0 amide bonds. The molecule has 0 saturated heterocycles. The van der Waals surface area contributed by atoms with Crippen LogP contribution in [0.15, 0.2) is 122 Å². The molecule has 0 aliphatic heterocycles. The number of allylic oxidation sites excluding steroid dienone is 19. The summed E-state index contributed by atoms with van der Waals surface area (Å²) < 4.78 is 26.2. The number of aliphatic hydroxyl groups is 1. The van der Waals surface area contributed by atoms with Crippen molar-refractivity contribution in [3.05, 3.63) is 122 Å². The number of phosphoric ester groups is 1. The molecule has 2 atom stereocenters. The van der Waals surface area contributed by atoms with Gasteiger partial charge in [0.2, 0.25) is 0 Å². The standard InChI is InChI=1S/C45H69O9P/c1-3-5-7-9-11-13-15-17-18-19-20-21-22-24-26-28-30-32-34-38-45(48)54-43(41-53-55(49,50)51)40-52-44(47)39-35-37-42(46)36-33-31-29-27-25-23-16-14-12-10-8-6-4-2/h5-8,11-14,17-18,20-21,23-26,29,31,33,36,42-43,46H,3-4,9-10,15-16,19,22,27-28,30,32,34-35,37-41H2,1-2H3,(H2,49,50,51)/b7-5-,8-6-,13-11-,14-12-,18-17-,21-20-,25-23-,26-24-,31-29-,36-33+/t42?,43-/m1/s1. The molecule has 10 heteroatoms. The molecule has 3 N–H and O–H groups in total. The third-order valence-corrected chi connectivity index (χ3v) is 8.07. The lowest BCUT2D eigenvalue weighted by Gasteiger charge is -2.18. The molecule has 9 nitrogen and oxygen atoms in total. The van der Waals surface area contributed by atoms with Crippen molar-refractivity contribution in [2.45, 2.75) is 135 Å². The molecule has 0 aromatic heterocycles. The van der Waals surface area contributed by atoms with E-state index in [2.05, 4.69) is 116 Å². The Bertz CT molecular complexity index is 1310. The van der Waals surface area contributed by atoms with Crippen molar-refractivity contribution in [2.75, 3.05) is 13.2 Å². The van der Waals surface area contributed by atoms with Crippen molar-refractivity contribution in [1.29, 1.82) is 0 Å². The molecule has 308 valence electrons. The van der Waals surface area contributed by atoms with E-state index in [0.29, 0.717) is 19.3 Å². The number of unbranched alkanes of at least 4 members (excludes halogenated alkanes) is 3. The van der Waals surface area contributed by atoms with Crippen LogP contribution in [0.1, 0.15) is 123 Å². The lowest BCUT2D eigenvalue weighted by molar-refractivity contribution is -0.161. The summed E-state index contributed by atoms with van der Waals surface area (Å²) in [5, 5.41) is 10.2. The van der Waals surface area contributed by atoms with Crippen LogP contribution in [-0.4, -0.2) is 52.3 Å². The molecule has 0 aliphatic rings. The molecule has 0 aromatic rings. The van der Waals surface area contributed by atoms with E-state index in [1.165, 1.54) is 0 Å². The largest absolute Gasteiger partial charge is 0.469 e. The molecule has 55 heavy (non-hydrogen) atoms. The summed E-state index contributed by atoms with van der Waals surface area (Å²) in [6, 6.07) is 0. The molecule has 0 fully saturated rings. The number of carbonyl (C=O) groups is 2. The third kappa shape index (κ3) is 41.4. The van der Waals surface area contributed by atoms with Crippen LogP contribution >= 0.6 is 7.82 Å². The highest BCUT2D eigenvalue weighted by Crippen LogP contribution is 2.36. The number of rotatable bonds is 34. The average molecular weight is 785 g/mol. The molecule has 0 spiro atoms. The van der Waals surface area contributed by atoms with E-state index in [1.807, 2.05) is 12.2 Å². The Morgan fingerprint density at radius 3 is 1.55 bits per heavy atom. The van der Waals surface area contributed by atoms with E-state index in [-0.39, 0.29) is 12.8 Å². The zero-order valence-corrected chi connectivity index (χ0v) is 34.3. The van der Waals surface area contributed by atoms with E-state index in [9.17, 15) is 19.3 Å². The van der Waals surface area contributed by atoms with Gasteiger partial charge in [-0.2, -0.15) is 0 Å². The van der Waals surface area contributed by atoms with Gasteiger partial charge in [-0.05, 0) is 89.9 Å². The van der Waals surface area contributed by atoms with Gasteiger partial charge < -0.3 is 24.4 Å². The summed E-state index contributed by atoms with van der Waals surface area (Å²) in [5.74, 6) is -1.14. The lowest BCUT2D eigenvalue weighted by Crippen LogP contribution is -2.29. The van der Waals surface area contributed by atoms with Crippen molar-refractivity contribution in [3.63, 3.8) is 0 Å². The van der Waals surface area contributed by atoms with E-state index in [4.69, 9.17) is 19.3 Å². The Morgan fingerprint density at radius 1 is 0.564 bits per heavy atom. The maximum absolute atomic E-state index is 12.4. The minimum Gasteiger partial charge on any atom is -0.462 e. The second-order valence-electron chi connectivity index (χ2n) is 12.7. The Hall–Kier alpha value is -3.59. The highest BCUT2D eigenvalue weighted by Gasteiger charge is 2.23. The minimum atomic E-state index is -4.82. The summed E-state index contributed by atoms with van der Waals surface area (Å²) in [6.45, 7) is 3.23. The van der Waals surface area contributed by atoms with E-state index >= 15 is 0 Å². The van der Waals surface area contributed by atoms with E-state index < -0.39 is 45.2 Å². The number of hydrogen-bond donors (Lipinski definition) is 3. The van der Waals surface area contributed by atoms with Crippen LogP contribution in [0.3, 0.4) is 0 Å². The maximum Gasteiger partial charge on any atom is 0.469 e. The first kappa shape index (κ1) is 51.4. The van der Waals surface area contributed by atoms with Crippen LogP contribution in [0.4, 0.5) is 0 Å². The van der Waals surface area contributed by atoms with Crippen molar-refractivity contribution in [3.8, 4) is 0 Å². The number of hydrogen-bond acceptors (Lipinski definition) is 7. The molecule has 0 radical (unpaired) electrons. The first-order chi connectivity index (χ1) is 26.7. The lowest BCUT2D eigenvalue weighted by atomic mass is 10.1. The Morgan fingerprint density at radius 2 is 1.04 bits per heavy atom. The third-order valence-electron chi connectivity index (χ3n) is 7.58. The Balaban J connectivity index is 4.24. The Labute approximate surface area is 331 Å². The zero-order valence-electron chi connectivity index (χ0n) is 33.4. The van der Waals surface area contributed by atoms with Gasteiger partial charge in [0, 0.05) is 12.8 Å². The van der Waals surface area contributed by atoms with Gasteiger partial charge in [-0.25, -0.2) is 4.57 Å². The van der Waals surface area contributed by atoms with Crippen molar-refractivity contribution >= 4 is 19.8 Å². The van der Waals surface area contributed by atoms with Crippen molar-refractivity contribution in [2.24, 2.45) is 0 Å². The second-order valence-corrected chi connectivity index (χ2v) is 13.9. The fourth-order valence-electron chi connectivity index (χ4n) is 4.66. The fraction of sp³-hybridized carbons (Fsp3) is 0.511. The highest BCUT2D eigenvalue weighted by molar-refractivity contribution is 7.46.